The summed E-state index contributed by atoms with van der Waals surface area (Å²) in [7, 11) is 1.51. The molecule has 0 bridgehead atoms. The largest absolute Gasteiger partial charge is 0.467 e. The standard InChI is InChI=1S/C21H17N7O2/c1-11-15-4-3-14(8-17(15)28-27-11)25-19-18-12(5-6-22-20(18)29)7-16(26-19)13-9-23-21(30-2)24-10-13/h3-10H,1-2H3,(H,22,29)(H,25,26)(H,27,28). The predicted molar refractivity (Wildman–Crippen MR) is 114 cm³/mol. The number of rotatable bonds is 4. The molecule has 0 atom stereocenters. The number of benzene rings is 1. The number of anilines is 2. The molecule has 3 N–H and O–H groups in total. The van der Waals surface area contributed by atoms with Crippen LogP contribution in [0, 0.1) is 6.92 Å². The molecule has 30 heavy (non-hydrogen) atoms. The van der Waals surface area contributed by atoms with Crippen LogP contribution in [-0.2, 0) is 0 Å². The van der Waals surface area contributed by atoms with Gasteiger partial charge in [0.15, 0.2) is 0 Å². The van der Waals surface area contributed by atoms with Gasteiger partial charge in [0.05, 0.1) is 23.7 Å². The minimum Gasteiger partial charge on any atom is -0.467 e. The average molecular weight is 399 g/mol. The lowest BCUT2D eigenvalue weighted by Crippen LogP contribution is -2.09. The SMILES string of the molecule is COc1ncc(-c2cc3cc[nH]c(=O)c3c(Nc3ccc4c(C)[nH]nc4c3)n2)cn1. The lowest BCUT2D eigenvalue weighted by atomic mass is 10.1. The van der Waals surface area contributed by atoms with Crippen molar-refractivity contribution in [1.29, 1.82) is 0 Å². The second-order valence-corrected chi connectivity index (χ2v) is 6.79. The summed E-state index contributed by atoms with van der Waals surface area (Å²) in [5, 5.41) is 12.8. The fourth-order valence-corrected chi connectivity index (χ4v) is 3.37. The molecule has 5 aromatic rings. The Kier molecular flexibility index (Phi) is 4.13. The fraction of sp³-hybridized carbons (Fsp3) is 0.0952. The molecule has 4 heterocycles. The fourth-order valence-electron chi connectivity index (χ4n) is 3.37. The smallest absolute Gasteiger partial charge is 0.316 e. The predicted octanol–water partition coefficient (Wildman–Crippen LogP) is 3.32. The van der Waals surface area contributed by atoms with Crippen molar-refractivity contribution in [3.05, 3.63) is 65.0 Å². The van der Waals surface area contributed by atoms with Crippen molar-refractivity contribution in [2.75, 3.05) is 12.4 Å². The lowest BCUT2D eigenvalue weighted by molar-refractivity contribution is 0.380. The van der Waals surface area contributed by atoms with Crippen molar-refractivity contribution >= 4 is 33.2 Å². The summed E-state index contributed by atoms with van der Waals surface area (Å²) in [6, 6.07) is 9.76. The number of pyridine rings is 2. The van der Waals surface area contributed by atoms with E-state index < -0.39 is 0 Å². The van der Waals surface area contributed by atoms with Gasteiger partial charge < -0.3 is 15.0 Å². The van der Waals surface area contributed by atoms with Crippen LogP contribution in [0.25, 0.3) is 32.9 Å². The number of nitrogens with one attached hydrogen (secondary N) is 3. The Morgan fingerprint density at radius 1 is 1.10 bits per heavy atom. The zero-order valence-corrected chi connectivity index (χ0v) is 16.2. The molecule has 0 saturated heterocycles. The summed E-state index contributed by atoms with van der Waals surface area (Å²) >= 11 is 0. The van der Waals surface area contributed by atoms with Crippen LogP contribution in [0.4, 0.5) is 11.5 Å². The summed E-state index contributed by atoms with van der Waals surface area (Å²) < 4.78 is 5.02. The number of methoxy groups -OCH3 is 1. The summed E-state index contributed by atoms with van der Waals surface area (Å²) in [4.78, 5) is 28.2. The summed E-state index contributed by atoms with van der Waals surface area (Å²) in [5.41, 5.74) is 3.72. The van der Waals surface area contributed by atoms with Gasteiger partial charge >= 0.3 is 6.01 Å². The Morgan fingerprint density at radius 3 is 2.73 bits per heavy atom. The molecule has 1 aromatic carbocycles. The zero-order chi connectivity index (χ0) is 20.7. The van der Waals surface area contributed by atoms with Crippen molar-refractivity contribution < 1.29 is 4.74 Å². The Bertz CT molecular complexity index is 1440. The van der Waals surface area contributed by atoms with Gasteiger partial charge in [0, 0.05) is 40.9 Å². The second kappa shape index (κ2) is 6.96. The molecule has 0 aliphatic heterocycles. The van der Waals surface area contributed by atoms with Crippen LogP contribution in [0.5, 0.6) is 6.01 Å². The van der Waals surface area contributed by atoms with E-state index in [0.717, 1.165) is 27.7 Å². The number of hydrogen-bond donors (Lipinski definition) is 3. The quantitative estimate of drug-likeness (QED) is 0.424. The molecule has 0 amide bonds. The monoisotopic (exact) mass is 399 g/mol. The highest BCUT2D eigenvalue weighted by Gasteiger charge is 2.13. The van der Waals surface area contributed by atoms with E-state index in [0.29, 0.717) is 22.5 Å². The molecule has 0 saturated carbocycles. The van der Waals surface area contributed by atoms with Crippen LogP contribution in [0.1, 0.15) is 5.69 Å². The highest BCUT2D eigenvalue weighted by atomic mass is 16.5. The third-order valence-electron chi connectivity index (χ3n) is 4.87. The van der Waals surface area contributed by atoms with Crippen molar-refractivity contribution in [3.8, 4) is 17.3 Å². The average Bonchev–Trinajstić information content (AvgIpc) is 3.14. The Hall–Kier alpha value is -4.27. The Balaban J connectivity index is 1.65. The summed E-state index contributed by atoms with van der Waals surface area (Å²) in [6.45, 7) is 1.97. The first-order valence-corrected chi connectivity index (χ1v) is 9.23. The normalized spacial score (nSPS) is 11.1. The molecule has 0 fully saturated rings. The third kappa shape index (κ3) is 3.02. The minimum atomic E-state index is -0.225. The number of hydrogen-bond acceptors (Lipinski definition) is 7. The number of aromatic nitrogens is 6. The maximum atomic E-state index is 12.5. The summed E-state index contributed by atoms with van der Waals surface area (Å²) in [5.74, 6) is 0.437. The van der Waals surface area contributed by atoms with Gasteiger partial charge in [-0.25, -0.2) is 15.0 Å². The number of aromatic amines is 2. The van der Waals surface area contributed by atoms with Crippen LogP contribution >= 0.6 is 0 Å². The van der Waals surface area contributed by atoms with E-state index >= 15 is 0 Å². The third-order valence-corrected chi connectivity index (χ3v) is 4.87. The topological polar surface area (TPSA) is 121 Å². The first-order chi connectivity index (χ1) is 14.6. The molecule has 9 heteroatoms. The van der Waals surface area contributed by atoms with Crippen LogP contribution in [0.3, 0.4) is 0 Å². The van der Waals surface area contributed by atoms with Gasteiger partial charge in [0.25, 0.3) is 5.56 Å². The van der Waals surface area contributed by atoms with Gasteiger partial charge in [-0.1, -0.05) is 0 Å². The van der Waals surface area contributed by atoms with Gasteiger partial charge in [-0.2, -0.15) is 5.10 Å². The van der Waals surface area contributed by atoms with Gasteiger partial charge in [-0.3, -0.25) is 9.89 Å². The van der Waals surface area contributed by atoms with Crippen molar-refractivity contribution in [1.82, 2.24) is 30.1 Å². The van der Waals surface area contributed by atoms with Crippen molar-refractivity contribution in [2.45, 2.75) is 6.92 Å². The van der Waals surface area contributed by atoms with E-state index in [2.05, 4.69) is 35.5 Å². The maximum absolute atomic E-state index is 12.5. The molecular formula is C21H17N7O2. The van der Waals surface area contributed by atoms with E-state index in [-0.39, 0.29) is 11.6 Å². The number of nitrogens with zero attached hydrogens (tertiary/aromatic N) is 4. The second-order valence-electron chi connectivity index (χ2n) is 6.79. The maximum Gasteiger partial charge on any atom is 0.316 e. The van der Waals surface area contributed by atoms with E-state index in [1.165, 1.54) is 7.11 Å². The minimum absolute atomic E-state index is 0.225. The molecule has 0 spiro atoms. The molecule has 0 aliphatic carbocycles. The molecule has 4 aromatic heterocycles. The molecule has 148 valence electrons. The zero-order valence-electron chi connectivity index (χ0n) is 16.2. The van der Waals surface area contributed by atoms with Crippen molar-refractivity contribution in [2.24, 2.45) is 0 Å². The molecule has 0 unspecified atom stereocenters. The first kappa shape index (κ1) is 17.8. The summed E-state index contributed by atoms with van der Waals surface area (Å²) in [6.07, 6.45) is 4.88. The van der Waals surface area contributed by atoms with Gasteiger partial charge in [-0.15, -0.1) is 0 Å². The number of fused-ring (bicyclic) bond motifs is 2. The van der Waals surface area contributed by atoms with Gasteiger partial charge in [0.2, 0.25) is 0 Å². The molecule has 0 radical (unpaired) electrons. The van der Waals surface area contributed by atoms with E-state index in [1.54, 1.807) is 18.6 Å². The lowest BCUT2D eigenvalue weighted by Gasteiger charge is -2.11. The molecule has 5 rings (SSSR count). The number of ether oxygens (including phenoxy) is 1. The van der Waals surface area contributed by atoms with Crippen LogP contribution in [-0.4, -0.2) is 37.2 Å². The number of H-pyrrole nitrogens is 2. The van der Waals surface area contributed by atoms with Crippen LogP contribution < -0.4 is 15.6 Å². The first-order valence-electron chi connectivity index (χ1n) is 9.23. The van der Waals surface area contributed by atoms with Crippen molar-refractivity contribution in [3.63, 3.8) is 0 Å². The molecule has 0 aliphatic rings. The Labute approximate surface area is 170 Å². The molecule has 9 nitrogen and oxygen atoms in total. The van der Waals surface area contributed by atoms with E-state index in [1.807, 2.05) is 37.3 Å². The highest BCUT2D eigenvalue weighted by molar-refractivity contribution is 5.95. The highest BCUT2D eigenvalue weighted by Crippen LogP contribution is 2.28. The Morgan fingerprint density at radius 2 is 1.93 bits per heavy atom. The van der Waals surface area contributed by atoms with Crippen LogP contribution in [0.15, 0.2) is 53.7 Å². The van der Waals surface area contributed by atoms with E-state index in [9.17, 15) is 4.79 Å². The van der Waals surface area contributed by atoms with Gasteiger partial charge in [0.1, 0.15) is 5.82 Å². The molecular weight excluding hydrogens is 382 g/mol. The van der Waals surface area contributed by atoms with Gasteiger partial charge in [-0.05, 0) is 42.6 Å². The number of aryl methyl sites for hydroxylation is 1. The van der Waals surface area contributed by atoms with Crippen LogP contribution in [0.2, 0.25) is 0 Å². The van der Waals surface area contributed by atoms with E-state index in [4.69, 9.17) is 4.74 Å².